The highest BCUT2D eigenvalue weighted by atomic mass is 19.4. The summed E-state index contributed by atoms with van der Waals surface area (Å²) < 4.78 is 68.4. The van der Waals surface area contributed by atoms with E-state index in [0.29, 0.717) is 49.9 Å². The van der Waals surface area contributed by atoms with Gasteiger partial charge in [0.25, 0.3) is 5.91 Å². The van der Waals surface area contributed by atoms with Crippen LogP contribution in [0.15, 0.2) is 24.4 Å². The molecule has 0 radical (unpaired) electrons. The molecule has 0 saturated carbocycles. The molecular weight excluding hydrogens is 531 g/mol. The van der Waals surface area contributed by atoms with Gasteiger partial charge >= 0.3 is 18.1 Å². The van der Waals surface area contributed by atoms with Gasteiger partial charge in [-0.3, -0.25) is 9.48 Å². The van der Waals surface area contributed by atoms with Crippen LogP contribution in [-0.4, -0.2) is 49.3 Å². The number of hydrogen-bond donors (Lipinski definition) is 2. The summed E-state index contributed by atoms with van der Waals surface area (Å²) in [5.74, 6) is -8.35. The first kappa shape index (κ1) is 27.8. The average Bonchev–Trinajstić information content (AvgIpc) is 3.29. The van der Waals surface area contributed by atoms with Crippen molar-refractivity contribution in [1.29, 1.82) is 0 Å². The number of hydroxylamine groups is 1. The van der Waals surface area contributed by atoms with Gasteiger partial charge in [-0.15, -0.1) is 5.06 Å². The number of aryl methyl sites for hydroxylation is 1. The third-order valence-electron chi connectivity index (χ3n) is 5.53. The highest BCUT2D eigenvalue weighted by molar-refractivity contribution is 5.93. The van der Waals surface area contributed by atoms with Crippen LogP contribution in [0.1, 0.15) is 38.0 Å². The number of rotatable bonds is 6. The Bertz CT molecular complexity index is 1380. The summed E-state index contributed by atoms with van der Waals surface area (Å²) >= 11 is 0. The van der Waals surface area contributed by atoms with Crippen LogP contribution in [-0.2, 0) is 39.9 Å². The van der Waals surface area contributed by atoms with E-state index in [1.165, 1.54) is 12.3 Å². The Morgan fingerprint density at radius 3 is 2.54 bits per heavy atom. The Labute approximate surface area is 218 Å². The molecule has 11 nitrogen and oxygen atoms in total. The molecule has 3 aromatic heterocycles. The van der Waals surface area contributed by atoms with E-state index in [4.69, 9.17) is 0 Å². The molecule has 3 aromatic rings. The largest absolute Gasteiger partial charge is 0.493 e. The van der Waals surface area contributed by atoms with Gasteiger partial charge in [0.1, 0.15) is 5.82 Å². The predicted octanol–water partition coefficient (Wildman–Crippen LogP) is 3.63. The third-order valence-corrected chi connectivity index (χ3v) is 5.53. The van der Waals surface area contributed by atoms with E-state index >= 15 is 0 Å². The summed E-state index contributed by atoms with van der Waals surface area (Å²) in [6.07, 6.45) is -3.87. The standard InChI is InChI=1S/C23H23F5N8O3/c1-4-13-7-18(33-20(31-13)22(3,24)25)32-16-9-19(36(12(2)37)39-21(38)23(26,27)28)30-11-15(16)17-8-14-10-29-5-6-35(14)34-17/h7-9,11,29H,4-6,10H2,1-3H3,(H,30,31,32,33). The van der Waals surface area contributed by atoms with Crippen LogP contribution in [0.2, 0.25) is 0 Å². The Morgan fingerprint density at radius 2 is 1.92 bits per heavy atom. The van der Waals surface area contributed by atoms with Crippen LogP contribution >= 0.6 is 0 Å². The maximum absolute atomic E-state index is 14.1. The van der Waals surface area contributed by atoms with Gasteiger partial charge in [-0.1, -0.05) is 6.92 Å². The molecule has 2 N–H and O–H groups in total. The van der Waals surface area contributed by atoms with Crippen molar-refractivity contribution in [2.45, 2.75) is 52.4 Å². The van der Waals surface area contributed by atoms with Crippen LogP contribution in [0.4, 0.5) is 39.3 Å². The second kappa shape index (κ2) is 10.5. The van der Waals surface area contributed by atoms with E-state index in [-0.39, 0.29) is 16.6 Å². The number of alkyl halides is 5. The van der Waals surface area contributed by atoms with E-state index in [0.717, 1.165) is 18.7 Å². The molecule has 208 valence electrons. The van der Waals surface area contributed by atoms with Crippen LogP contribution in [0.5, 0.6) is 0 Å². The SMILES string of the molecule is CCc1cc(Nc2cc(N(OC(=O)C(F)(F)F)C(C)=O)ncc2-c2cc3n(n2)CCNC3)nc(C(C)(F)F)n1. The van der Waals surface area contributed by atoms with E-state index in [9.17, 15) is 31.5 Å². The first-order chi connectivity index (χ1) is 18.3. The fraction of sp³-hybridized carbons (Fsp3) is 0.391. The number of nitrogens with one attached hydrogen (secondary N) is 2. The number of carbonyl (C=O) groups is 2. The van der Waals surface area contributed by atoms with Crippen molar-refractivity contribution in [3.05, 3.63) is 41.6 Å². The van der Waals surface area contributed by atoms with Crippen molar-refractivity contribution in [2.75, 3.05) is 16.9 Å². The number of amides is 1. The topological polar surface area (TPSA) is 127 Å². The molecule has 0 unspecified atom stereocenters. The minimum absolute atomic E-state index is 0.0518. The van der Waals surface area contributed by atoms with Gasteiger partial charge in [-0.2, -0.15) is 27.1 Å². The lowest BCUT2D eigenvalue weighted by Crippen LogP contribution is -2.38. The average molecular weight is 554 g/mol. The molecule has 1 aliphatic rings. The summed E-state index contributed by atoms with van der Waals surface area (Å²) in [6, 6.07) is 4.30. The van der Waals surface area contributed by atoms with E-state index in [2.05, 4.69) is 35.5 Å². The number of nitrogens with zero attached hydrogens (tertiary/aromatic N) is 6. The molecule has 16 heteroatoms. The van der Waals surface area contributed by atoms with Gasteiger partial charge in [0.2, 0.25) is 5.82 Å². The molecule has 0 aromatic carbocycles. The number of hydrogen-bond acceptors (Lipinski definition) is 9. The van der Waals surface area contributed by atoms with Crippen molar-refractivity contribution in [1.82, 2.24) is 30.0 Å². The van der Waals surface area contributed by atoms with Crippen molar-refractivity contribution in [3.63, 3.8) is 0 Å². The monoisotopic (exact) mass is 554 g/mol. The fourth-order valence-corrected chi connectivity index (χ4v) is 3.67. The molecular formula is C23H23F5N8O3. The van der Waals surface area contributed by atoms with Crippen molar-refractivity contribution in [2.24, 2.45) is 0 Å². The number of halogens is 5. The minimum atomic E-state index is -5.38. The lowest BCUT2D eigenvalue weighted by atomic mass is 10.1. The molecule has 4 rings (SSSR count). The summed E-state index contributed by atoms with van der Waals surface area (Å²) in [7, 11) is 0. The van der Waals surface area contributed by atoms with Gasteiger partial charge in [-0.25, -0.2) is 19.7 Å². The Balaban J connectivity index is 1.82. The molecule has 0 bridgehead atoms. The van der Waals surface area contributed by atoms with E-state index < -0.39 is 35.6 Å². The Kier molecular flexibility index (Phi) is 7.50. The number of fused-ring (bicyclic) bond motifs is 1. The maximum Gasteiger partial charge on any atom is 0.493 e. The molecule has 0 fully saturated rings. The summed E-state index contributed by atoms with van der Waals surface area (Å²) in [6.45, 7) is 5.02. The lowest BCUT2D eigenvalue weighted by molar-refractivity contribution is -0.201. The van der Waals surface area contributed by atoms with E-state index in [1.54, 1.807) is 17.7 Å². The second-order valence-electron chi connectivity index (χ2n) is 8.63. The Morgan fingerprint density at radius 1 is 1.18 bits per heavy atom. The number of pyridine rings is 1. The first-order valence-electron chi connectivity index (χ1n) is 11.7. The van der Waals surface area contributed by atoms with Gasteiger partial charge in [0.15, 0.2) is 5.82 Å². The molecule has 4 heterocycles. The minimum Gasteiger partial charge on any atom is -0.339 e. The highest BCUT2D eigenvalue weighted by Crippen LogP contribution is 2.34. The number of carbonyl (C=O) groups excluding carboxylic acids is 2. The maximum atomic E-state index is 14.1. The van der Waals surface area contributed by atoms with Crippen LogP contribution < -0.4 is 15.7 Å². The predicted molar refractivity (Wildman–Crippen MR) is 127 cm³/mol. The molecule has 39 heavy (non-hydrogen) atoms. The lowest BCUT2D eigenvalue weighted by Gasteiger charge is -2.21. The van der Waals surface area contributed by atoms with Gasteiger partial charge in [0, 0.05) is 56.5 Å². The van der Waals surface area contributed by atoms with Crippen molar-refractivity contribution in [3.8, 4) is 11.3 Å². The molecule has 1 aliphatic heterocycles. The number of aromatic nitrogens is 5. The Hall–Kier alpha value is -4.21. The van der Waals surface area contributed by atoms with Crippen molar-refractivity contribution < 1.29 is 36.4 Å². The van der Waals surface area contributed by atoms with Crippen LogP contribution in [0.25, 0.3) is 11.3 Å². The zero-order chi connectivity index (χ0) is 28.5. The number of anilines is 3. The summed E-state index contributed by atoms with van der Waals surface area (Å²) in [5.41, 5.74) is 1.95. The molecule has 1 amide bonds. The molecule has 0 aliphatic carbocycles. The third kappa shape index (κ3) is 6.27. The fourth-order valence-electron chi connectivity index (χ4n) is 3.67. The van der Waals surface area contributed by atoms with Gasteiger partial charge in [-0.05, 0) is 12.5 Å². The highest BCUT2D eigenvalue weighted by Gasteiger charge is 2.43. The first-order valence-corrected chi connectivity index (χ1v) is 11.7. The second-order valence-corrected chi connectivity index (χ2v) is 8.63. The quantitative estimate of drug-likeness (QED) is 0.347. The van der Waals surface area contributed by atoms with Gasteiger partial charge in [0.05, 0.1) is 23.6 Å². The van der Waals surface area contributed by atoms with Crippen molar-refractivity contribution >= 4 is 29.2 Å². The van der Waals surface area contributed by atoms with E-state index in [1.807, 2.05) is 0 Å². The molecule has 0 saturated heterocycles. The summed E-state index contributed by atoms with van der Waals surface area (Å²) in [5, 5.41) is 10.7. The summed E-state index contributed by atoms with van der Waals surface area (Å²) in [4.78, 5) is 39.6. The normalized spacial score (nSPS) is 13.5. The zero-order valence-electron chi connectivity index (χ0n) is 20.9. The van der Waals surface area contributed by atoms with Crippen LogP contribution in [0.3, 0.4) is 0 Å². The molecule has 0 spiro atoms. The molecule has 0 atom stereocenters. The zero-order valence-corrected chi connectivity index (χ0v) is 20.9. The smallest absolute Gasteiger partial charge is 0.339 e. The van der Waals surface area contributed by atoms with Crippen LogP contribution in [0, 0.1) is 0 Å². The van der Waals surface area contributed by atoms with Gasteiger partial charge < -0.3 is 15.5 Å².